The van der Waals surface area contributed by atoms with Crippen molar-refractivity contribution in [3.8, 4) is 0 Å². The van der Waals surface area contributed by atoms with E-state index in [1.54, 1.807) is 6.92 Å². The van der Waals surface area contributed by atoms with Crippen molar-refractivity contribution in [2.75, 3.05) is 0 Å². The minimum atomic E-state index is 0.176. The van der Waals surface area contributed by atoms with Crippen molar-refractivity contribution in [3.05, 3.63) is 0 Å². The van der Waals surface area contributed by atoms with Gasteiger partial charge in [-0.25, -0.2) is 0 Å². The van der Waals surface area contributed by atoms with Crippen molar-refractivity contribution in [3.63, 3.8) is 0 Å². The first-order valence-electron chi connectivity index (χ1n) is 4.96. The van der Waals surface area contributed by atoms with Crippen LogP contribution in [0.2, 0.25) is 0 Å². The number of rotatable bonds is 1. The number of fused-ring (bicyclic) bond motifs is 3. The van der Waals surface area contributed by atoms with E-state index in [2.05, 4.69) is 0 Å². The lowest BCUT2D eigenvalue weighted by Gasteiger charge is -2.46. The van der Waals surface area contributed by atoms with Gasteiger partial charge < -0.3 is 5.73 Å². The first kappa shape index (κ1) is 8.24. The Balaban J connectivity index is 2.18. The van der Waals surface area contributed by atoms with Crippen molar-refractivity contribution >= 4 is 5.78 Å². The second-order valence-electron chi connectivity index (χ2n) is 4.39. The summed E-state index contributed by atoms with van der Waals surface area (Å²) in [5.74, 6) is 1.76. The van der Waals surface area contributed by atoms with Crippen LogP contribution in [0.1, 0.15) is 32.6 Å². The predicted molar refractivity (Wildman–Crippen MR) is 47.6 cm³/mol. The minimum Gasteiger partial charge on any atom is -0.327 e. The van der Waals surface area contributed by atoms with E-state index in [4.69, 9.17) is 5.73 Å². The van der Waals surface area contributed by atoms with Gasteiger partial charge in [0.05, 0.1) is 0 Å². The van der Waals surface area contributed by atoms with E-state index in [9.17, 15) is 4.79 Å². The third kappa shape index (κ3) is 1.09. The van der Waals surface area contributed by atoms with Crippen LogP contribution in [0.15, 0.2) is 0 Å². The summed E-state index contributed by atoms with van der Waals surface area (Å²) >= 11 is 0. The highest BCUT2D eigenvalue weighted by atomic mass is 16.1. The number of nitrogens with two attached hydrogens (primary N) is 1. The fourth-order valence-corrected chi connectivity index (χ4v) is 3.10. The lowest BCUT2D eigenvalue weighted by Crippen LogP contribution is -2.51. The van der Waals surface area contributed by atoms with E-state index in [-0.39, 0.29) is 12.0 Å². The molecule has 2 nitrogen and oxygen atoms in total. The highest BCUT2D eigenvalue weighted by molar-refractivity contribution is 5.79. The molecule has 0 radical (unpaired) electrons. The van der Waals surface area contributed by atoms with Gasteiger partial charge in [0.2, 0.25) is 0 Å². The van der Waals surface area contributed by atoms with Crippen LogP contribution in [-0.4, -0.2) is 11.8 Å². The average Bonchev–Trinajstić information content (AvgIpc) is 2.05. The molecule has 0 heterocycles. The molecule has 3 aliphatic carbocycles. The van der Waals surface area contributed by atoms with Crippen molar-refractivity contribution in [1.29, 1.82) is 0 Å². The molecule has 3 rings (SSSR count). The largest absolute Gasteiger partial charge is 0.327 e. The van der Waals surface area contributed by atoms with E-state index >= 15 is 0 Å². The van der Waals surface area contributed by atoms with Crippen molar-refractivity contribution in [2.45, 2.75) is 38.6 Å². The molecule has 2 heteroatoms. The van der Waals surface area contributed by atoms with E-state index in [1.165, 1.54) is 25.7 Å². The van der Waals surface area contributed by atoms with Crippen LogP contribution in [0.3, 0.4) is 0 Å². The second kappa shape index (κ2) is 2.84. The zero-order valence-electron chi connectivity index (χ0n) is 7.62. The Labute approximate surface area is 73.5 Å². The quantitative estimate of drug-likeness (QED) is 0.640. The summed E-state index contributed by atoms with van der Waals surface area (Å²) in [5.41, 5.74) is 6.04. The van der Waals surface area contributed by atoms with Gasteiger partial charge in [-0.1, -0.05) is 0 Å². The Kier molecular flexibility index (Phi) is 1.95. The maximum Gasteiger partial charge on any atom is 0.134 e. The third-order valence-electron chi connectivity index (χ3n) is 3.75. The highest BCUT2D eigenvalue weighted by Gasteiger charge is 2.43. The van der Waals surface area contributed by atoms with Gasteiger partial charge in [0, 0.05) is 12.0 Å². The summed E-state index contributed by atoms with van der Waals surface area (Å²) in [6, 6.07) is 0.176. The molecular formula is C10H17NO. The zero-order valence-corrected chi connectivity index (χ0v) is 7.62. The van der Waals surface area contributed by atoms with E-state index in [0.717, 1.165) is 0 Å². The molecule has 0 aromatic heterocycles. The normalized spacial score (nSPS) is 46.2. The molecule has 0 aromatic carbocycles. The fourth-order valence-electron chi connectivity index (χ4n) is 3.10. The standard InChI is InChI=1S/C10H17NO/c1-6(12)9-7-2-4-8(5-3-7)10(9)11/h7-10H,2-5,11H2,1H3. The number of carbonyl (C=O) groups excluding carboxylic acids is 1. The van der Waals surface area contributed by atoms with Crippen LogP contribution >= 0.6 is 0 Å². The molecule has 2 bridgehead atoms. The number of hydrogen-bond acceptors (Lipinski definition) is 2. The average molecular weight is 167 g/mol. The van der Waals surface area contributed by atoms with Crippen LogP contribution in [-0.2, 0) is 4.79 Å². The molecule has 12 heavy (non-hydrogen) atoms. The Bertz CT molecular complexity index is 192. The van der Waals surface area contributed by atoms with Crippen LogP contribution < -0.4 is 5.73 Å². The lowest BCUT2D eigenvalue weighted by atomic mass is 9.61. The number of carbonyl (C=O) groups is 1. The Morgan fingerprint density at radius 2 is 1.67 bits per heavy atom. The maximum absolute atomic E-state index is 11.3. The van der Waals surface area contributed by atoms with E-state index in [1.807, 2.05) is 0 Å². The van der Waals surface area contributed by atoms with Crippen molar-refractivity contribution in [1.82, 2.24) is 0 Å². The summed E-state index contributed by atoms with van der Waals surface area (Å²) in [6.07, 6.45) is 5.00. The molecule has 2 N–H and O–H groups in total. The lowest BCUT2D eigenvalue weighted by molar-refractivity contribution is -0.126. The van der Waals surface area contributed by atoms with Crippen molar-refractivity contribution in [2.24, 2.45) is 23.5 Å². The molecule has 2 unspecified atom stereocenters. The Hall–Kier alpha value is -0.370. The van der Waals surface area contributed by atoms with Crippen molar-refractivity contribution < 1.29 is 4.79 Å². The summed E-state index contributed by atoms with van der Waals surface area (Å²) in [4.78, 5) is 11.3. The van der Waals surface area contributed by atoms with Gasteiger partial charge in [-0.3, -0.25) is 4.79 Å². The minimum absolute atomic E-state index is 0.176. The zero-order chi connectivity index (χ0) is 8.72. The Morgan fingerprint density at radius 3 is 2.00 bits per heavy atom. The topological polar surface area (TPSA) is 43.1 Å². The van der Waals surface area contributed by atoms with Gasteiger partial charge in [0.25, 0.3) is 0 Å². The number of Topliss-reactive ketones (excluding diaryl/α,β-unsaturated/α-hetero) is 1. The van der Waals surface area contributed by atoms with E-state index in [0.29, 0.717) is 17.6 Å². The molecule has 0 aromatic rings. The van der Waals surface area contributed by atoms with Gasteiger partial charge in [-0.15, -0.1) is 0 Å². The van der Waals surface area contributed by atoms with Gasteiger partial charge in [0.15, 0.2) is 0 Å². The molecule has 2 atom stereocenters. The summed E-state index contributed by atoms with van der Waals surface area (Å²) < 4.78 is 0. The SMILES string of the molecule is CC(=O)C1C2CCC(CC2)C1N. The summed E-state index contributed by atoms with van der Waals surface area (Å²) in [7, 11) is 0. The molecule has 68 valence electrons. The first-order valence-corrected chi connectivity index (χ1v) is 4.96. The molecular weight excluding hydrogens is 150 g/mol. The third-order valence-corrected chi connectivity index (χ3v) is 3.75. The van der Waals surface area contributed by atoms with Gasteiger partial charge in [0.1, 0.15) is 5.78 Å². The smallest absolute Gasteiger partial charge is 0.134 e. The van der Waals surface area contributed by atoms with Crippen LogP contribution in [0.25, 0.3) is 0 Å². The molecule has 3 fully saturated rings. The van der Waals surface area contributed by atoms with Crippen LogP contribution in [0.5, 0.6) is 0 Å². The molecule has 0 spiro atoms. The monoisotopic (exact) mass is 167 g/mol. The maximum atomic E-state index is 11.3. The second-order valence-corrected chi connectivity index (χ2v) is 4.39. The summed E-state index contributed by atoms with van der Waals surface area (Å²) in [5, 5.41) is 0. The molecule has 0 amide bonds. The van der Waals surface area contributed by atoms with E-state index < -0.39 is 0 Å². The van der Waals surface area contributed by atoms with Gasteiger partial charge >= 0.3 is 0 Å². The predicted octanol–water partition coefficient (Wildman–Crippen LogP) is 1.34. The molecule has 3 saturated carbocycles. The molecule has 0 aliphatic heterocycles. The number of ketones is 1. The van der Waals surface area contributed by atoms with Crippen LogP contribution in [0, 0.1) is 17.8 Å². The van der Waals surface area contributed by atoms with Gasteiger partial charge in [-0.05, 0) is 44.4 Å². The first-order chi connectivity index (χ1) is 5.70. The Morgan fingerprint density at radius 1 is 1.17 bits per heavy atom. The molecule has 0 saturated heterocycles. The van der Waals surface area contributed by atoms with Gasteiger partial charge in [-0.2, -0.15) is 0 Å². The van der Waals surface area contributed by atoms with Crippen LogP contribution in [0.4, 0.5) is 0 Å². The fraction of sp³-hybridized carbons (Fsp3) is 0.900. The molecule has 3 aliphatic rings. The number of hydrogen-bond donors (Lipinski definition) is 1. The highest BCUT2D eigenvalue weighted by Crippen LogP contribution is 2.44. The summed E-state index contributed by atoms with van der Waals surface area (Å²) in [6.45, 7) is 1.70.